The number of likely N-dealkylation sites (tertiary alicyclic amines) is 1. The largest absolute Gasteiger partial charge is 0.356 e. The van der Waals surface area contributed by atoms with Crippen molar-refractivity contribution in [2.75, 3.05) is 26.2 Å². The van der Waals surface area contributed by atoms with E-state index in [1.165, 1.54) is 22.6 Å². The summed E-state index contributed by atoms with van der Waals surface area (Å²) in [5.74, 6) is -0.451. The number of nitrogens with one attached hydrogen (secondary N) is 2. The maximum atomic E-state index is 13.0. The highest BCUT2D eigenvalue weighted by Gasteiger charge is 2.46. The number of fused-ring (bicyclic) bond motifs is 1. The Balaban J connectivity index is 1.41. The first-order valence-electron chi connectivity index (χ1n) is 9.44. The zero-order valence-corrected chi connectivity index (χ0v) is 16.3. The van der Waals surface area contributed by atoms with Gasteiger partial charge in [0.1, 0.15) is 16.8 Å². The lowest BCUT2D eigenvalue weighted by Crippen LogP contribution is -2.37. The average molecular weight is 408 g/mol. The molecule has 0 spiro atoms. The summed E-state index contributed by atoms with van der Waals surface area (Å²) in [6.45, 7) is 5.37. The predicted molar refractivity (Wildman–Crippen MR) is 99.8 cm³/mol. The Morgan fingerprint density at radius 3 is 2.71 bits per heavy atom. The van der Waals surface area contributed by atoms with Crippen LogP contribution in [-0.4, -0.2) is 72.9 Å². The molecule has 0 radical (unpaired) electrons. The molecule has 3 aliphatic rings. The van der Waals surface area contributed by atoms with Crippen LogP contribution in [0.1, 0.15) is 29.8 Å². The molecule has 1 aromatic rings. The fourth-order valence-electron chi connectivity index (χ4n) is 4.12. The first kappa shape index (κ1) is 19.2. The third-order valence-corrected chi connectivity index (χ3v) is 7.42. The second-order valence-corrected chi connectivity index (χ2v) is 9.38. The van der Waals surface area contributed by atoms with Gasteiger partial charge in [0.25, 0.3) is 5.91 Å². The minimum Gasteiger partial charge on any atom is -0.356 e. The minimum atomic E-state index is -3.71. The highest BCUT2D eigenvalue weighted by atomic mass is 32.2. The van der Waals surface area contributed by atoms with Gasteiger partial charge in [-0.1, -0.05) is 6.58 Å². The molecule has 0 aromatic carbocycles. The van der Waals surface area contributed by atoms with Gasteiger partial charge in [-0.25, -0.2) is 8.42 Å². The molecule has 3 saturated heterocycles. The molecule has 2 N–H and O–H groups in total. The smallest absolute Gasteiger partial charge is 0.270 e. The van der Waals surface area contributed by atoms with Gasteiger partial charge in [-0.3, -0.25) is 9.59 Å². The van der Waals surface area contributed by atoms with Gasteiger partial charge in [0, 0.05) is 38.3 Å². The lowest BCUT2D eigenvalue weighted by molar-refractivity contribution is -0.120. The highest BCUT2D eigenvalue weighted by molar-refractivity contribution is 7.89. The van der Waals surface area contributed by atoms with Gasteiger partial charge in [-0.15, -0.1) is 0 Å². The summed E-state index contributed by atoms with van der Waals surface area (Å²) >= 11 is 0. The molecule has 3 atom stereocenters. The van der Waals surface area contributed by atoms with Crippen LogP contribution in [0.4, 0.5) is 0 Å². The van der Waals surface area contributed by atoms with E-state index in [9.17, 15) is 18.0 Å². The number of aromatic amines is 1. The van der Waals surface area contributed by atoms with Crippen molar-refractivity contribution in [2.24, 2.45) is 5.92 Å². The average Bonchev–Trinajstić information content (AvgIpc) is 3.43. The van der Waals surface area contributed by atoms with Crippen LogP contribution in [-0.2, 0) is 19.6 Å². The molecular weight excluding hydrogens is 384 g/mol. The first-order chi connectivity index (χ1) is 13.4. The van der Waals surface area contributed by atoms with E-state index in [2.05, 4.69) is 16.9 Å². The van der Waals surface area contributed by atoms with Crippen LogP contribution in [0, 0.1) is 5.92 Å². The Morgan fingerprint density at radius 2 is 2.04 bits per heavy atom. The Kier molecular flexibility index (Phi) is 5.02. The molecule has 152 valence electrons. The fourth-order valence-corrected chi connectivity index (χ4v) is 5.62. The predicted octanol–water partition coefficient (Wildman–Crippen LogP) is 0.288. The van der Waals surface area contributed by atoms with Crippen molar-refractivity contribution in [1.82, 2.24) is 19.5 Å². The Hall–Kier alpha value is -2.17. The number of H-pyrrole nitrogens is 1. The van der Waals surface area contributed by atoms with Crippen molar-refractivity contribution >= 4 is 21.8 Å². The number of aromatic nitrogens is 1. The van der Waals surface area contributed by atoms with Gasteiger partial charge < -0.3 is 19.9 Å². The quantitative estimate of drug-likeness (QED) is 0.680. The highest BCUT2D eigenvalue weighted by Crippen LogP contribution is 2.35. The standard InChI is InChI=1S/C18H24N4O5S/c1-2-16(23)20-17-7-12-10-22(11-15(12)27-17)28(25,26)13-8-14(19-9-13)18(24)21-5-3-4-6-21/h2,8-9,12,15,17,19H,1,3-7,10-11H2,(H,20,23). The van der Waals surface area contributed by atoms with Gasteiger partial charge in [-0.05, 0) is 31.4 Å². The van der Waals surface area contributed by atoms with Crippen molar-refractivity contribution in [3.63, 3.8) is 0 Å². The summed E-state index contributed by atoms with van der Waals surface area (Å²) < 4.78 is 33.1. The van der Waals surface area contributed by atoms with Gasteiger partial charge >= 0.3 is 0 Å². The van der Waals surface area contributed by atoms with Gasteiger partial charge in [0.05, 0.1) is 6.10 Å². The number of sulfonamides is 1. The molecule has 3 aliphatic heterocycles. The molecule has 0 saturated carbocycles. The van der Waals surface area contributed by atoms with E-state index < -0.39 is 16.3 Å². The minimum absolute atomic E-state index is 0.0227. The second kappa shape index (κ2) is 7.34. The molecule has 28 heavy (non-hydrogen) atoms. The number of nitrogens with zero attached hydrogens (tertiary/aromatic N) is 2. The summed E-state index contributed by atoms with van der Waals surface area (Å²) in [6, 6.07) is 1.41. The maximum Gasteiger partial charge on any atom is 0.270 e. The normalized spacial score (nSPS) is 27.7. The lowest BCUT2D eigenvalue weighted by atomic mass is 10.1. The molecule has 4 heterocycles. The van der Waals surface area contributed by atoms with Crippen LogP contribution in [0.25, 0.3) is 0 Å². The van der Waals surface area contributed by atoms with Crippen LogP contribution in [0.5, 0.6) is 0 Å². The topological polar surface area (TPSA) is 112 Å². The lowest BCUT2D eigenvalue weighted by Gasteiger charge is -2.19. The Labute approximate surface area is 163 Å². The van der Waals surface area contributed by atoms with Crippen LogP contribution < -0.4 is 5.32 Å². The van der Waals surface area contributed by atoms with E-state index in [0.29, 0.717) is 31.7 Å². The number of hydrogen-bond acceptors (Lipinski definition) is 5. The molecular formula is C18H24N4O5S. The molecule has 9 nitrogen and oxygen atoms in total. The van der Waals surface area contributed by atoms with Crippen LogP contribution in [0.15, 0.2) is 29.8 Å². The zero-order valence-electron chi connectivity index (χ0n) is 15.5. The molecule has 2 amide bonds. The van der Waals surface area contributed by atoms with E-state index in [1.54, 1.807) is 4.90 Å². The Morgan fingerprint density at radius 1 is 1.29 bits per heavy atom. The Bertz CT molecular complexity index is 876. The zero-order chi connectivity index (χ0) is 19.9. The van der Waals surface area contributed by atoms with E-state index in [0.717, 1.165) is 12.8 Å². The molecule has 3 unspecified atom stereocenters. The summed E-state index contributed by atoms with van der Waals surface area (Å²) in [5, 5.41) is 2.69. The van der Waals surface area contributed by atoms with E-state index >= 15 is 0 Å². The summed E-state index contributed by atoms with van der Waals surface area (Å²) in [4.78, 5) is 28.5. The number of rotatable bonds is 5. The van der Waals surface area contributed by atoms with Gasteiger partial charge in [-0.2, -0.15) is 4.31 Å². The van der Waals surface area contributed by atoms with Gasteiger partial charge in [0.2, 0.25) is 15.9 Å². The van der Waals surface area contributed by atoms with Crippen LogP contribution in [0.3, 0.4) is 0 Å². The van der Waals surface area contributed by atoms with Crippen LogP contribution in [0.2, 0.25) is 0 Å². The third-order valence-electron chi connectivity index (χ3n) is 5.61. The number of ether oxygens (including phenoxy) is 1. The van der Waals surface area contributed by atoms with Crippen molar-refractivity contribution < 1.29 is 22.7 Å². The van der Waals surface area contributed by atoms with Crippen molar-refractivity contribution in [3.8, 4) is 0 Å². The van der Waals surface area contributed by atoms with Crippen molar-refractivity contribution in [2.45, 2.75) is 36.5 Å². The number of amides is 2. The van der Waals surface area contributed by atoms with E-state index in [4.69, 9.17) is 4.74 Å². The maximum absolute atomic E-state index is 13.0. The molecule has 10 heteroatoms. The summed E-state index contributed by atoms with van der Waals surface area (Å²) in [5.41, 5.74) is 0.295. The monoisotopic (exact) mass is 408 g/mol. The van der Waals surface area contributed by atoms with E-state index in [1.807, 2.05) is 0 Å². The van der Waals surface area contributed by atoms with Crippen LogP contribution >= 0.6 is 0 Å². The molecule has 0 bridgehead atoms. The molecule has 3 fully saturated rings. The van der Waals surface area contributed by atoms with Crippen molar-refractivity contribution in [1.29, 1.82) is 0 Å². The number of carbonyl (C=O) groups is 2. The second-order valence-electron chi connectivity index (χ2n) is 7.44. The fraction of sp³-hybridized carbons (Fsp3) is 0.556. The van der Waals surface area contributed by atoms with E-state index in [-0.39, 0.29) is 35.3 Å². The third kappa shape index (κ3) is 3.47. The SMILES string of the molecule is C=CC(=O)NC1CC2CN(S(=O)(=O)c3c[nH]c(C(=O)N4CCCC4)c3)CC2O1. The molecule has 4 rings (SSSR count). The van der Waals surface area contributed by atoms with Gasteiger partial charge in [0.15, 0.2) is 0 Å². The number of carbonyl (C=O) groups excluding carboxylic acids is 2. The number of hydrogen-bond donors (Lipinski definition) is 2. The first-order valence-corrected chi connectivity index (χ1v) is 10.9. The molecule has 0 aliphatic carbocycles. The van der Waals surface area contributed by atoms with Crippen molar-refractivity contribution in [3.05, 3.63) is 30.6 Å². The summed E-state index contributed by atoms with van der Waals surface area (Å²) in [7, 11) is -3.71. The summed E-state index contributed by atoms with van der Waals surface area (Å²) in [6.07, 6.45) is 4.39. The molecule has 1 aromatic heterocycles.